The molecule has 0 aliphatic carbocycles. The van der Waals surface area contributed by atoms with Crippen LogP contribution < -0.4 is 5.32 Å². The Hall–Kier alpha value is -1.33. The van der Waals surface area contributed by atoms with Crippen LogP contribution in [0.1, 0.15) is 36.9 Å². The van der Waals surface area contributed by atoms with Gasteiger partial charge >= 0.3 is 0 Å². The van der Waals surface area contributed by atoms with Gasteiger partial charge in [-0.25, -0.2) is 13.2 Å². The summed E-state index contributed by atoms with van der Waals surface area (Å²) in [5.74, 6) is -2.54. The Labute approximate surface area is 126 Å². The highest BCUT2D eigenvalue weighted by Crippen LogP contribution is 2.26. The minimum atomic E-state index is -0.888. The Bertz CT molecular complexity index is 546. The van der Waals surface area contributed by atoms with E-state index < -0.39 is 23.5 Å². The summed E-state index contributed by atoms with van der Waals surface area (Å²) >= 11 is 1.60. The van der Waals surface area contributed by atoms with Crippen molar-refractivity contribution >= 4 is 11.3 Å². The average Bonchev–Trinajstić information content (AvgIpc) is 2.93. The summed E-state index contributed by atoms with van der Waals surface area (Å²) in [7, 11) is 0. The molecule has 1 aromatic heterocycles. The van der Waals surface area contributed by atoms with E-state index in [1.807, 2.05) is 23.8 Å². The van der Waals surface area contributed by atoms with Gasteiger partial charge in [0.15, 0.2) is 0 Å². The van der Waals surface area contributed by atoms with Crippen molar-refractivity contribution in [1.82, 2.24) is 5.32 Å². The van der Waals surface area contributed by atoms with Gasteiger partial charge in [-0.15, -0.1) is 0 Å². The Morgan fingerprint density at radius 3 is 2.48 bits per heavy atom. The molecule has 0 spiro atoms. The molecule has 1 heterocycles. The highest BCUT2D eigenvalue weighted by atomic mass is 32.1. The van der Waals surface area contributed by atoms with Gasteiger partial charge in [-0.2, -0.15) is 11.3 Å². The van der Waals surface area contributed by atoms with E-state index in [0.717, 1.165) is 30.5 Å². The Morgan fingerprint density at radius 2 is 1.90 bits per heavy atom. The van der Waals surface area contributed by atoms with Crippen LogP contribution >= 0.6 is 11.3 Å². The van der Waals surface area contributed by atoms with Crippen LogP contribution in [-0.4, -0.2) is 6.54 Å². The lowest BCUT2D eigenvalue weighted by atomic mass is 9.98. The van der Waals surface area contributed by atoms with Gasteiger partial charge in [0.2, 0.25) is 0 Å². The third kappa shape index (κ3) is 4.32. The molecule has 0 saturated heterocycles. The fourth-order valence-corrected chi connectivity index (χ4v) is 3.00. The number of hydrogen-bond donors (Lipinski definition) is 1. The van der Waals surface area contributed by atoms with E-state index in [2.05, 4.69) is 5.32 Å². The quantitative estimate of drug-likeness (QED) is 0.771. The van der Waals surface area contributed by atoms with Crippen molar-refractivity contribution in [2.45, 2.75) is 32.2 Å². The minimum absolute atomic E-state index is 0.0694. The molecule has 2 rings (SSSR count). The summed E-state index contributed by atoms with van der Waals surface area (Å²) < 4.78 is 40.9. The van der Waals surface area contributed by atoms with Crippen LogP contribution in [0.3, 0.4) is 0 Å². The molecule has 1 nitrogen and oxygen atoms in total. The van der Waals surface area contributed by atoms with Crippen LogP contribution in [0.15, 0.2) is 29.0 Å². The molecule has 1 aromatic carbocycles. The number of thiophene rings is 1. The molecule has 1 N–H and O–H groups in total. The maximum Gasteiger partial charge on any atom is 0.133 e. The van der Waals surface area contributed by atoms with E-state index in [4.69, 9.17) is 0 Å². The van der Waals surface area contributed by atoms with Crippen molar-refractivity contribution in [2.75, 3.05) is 6.54 Å². The van der Waals surface area contributed by atoms with Crippen molar-refractivity contribution in [3.05, 3.63) is 57.5 Å². The van der Waals surface area contributed by atoms with Gasteiger partial charge in [-0.3, -0.25) is 0 Å². The molecule has 0 amide bonds. The van der Waals surface area contributed by atoms with Crippen LogP contribution in [0.2, 0.25) is 0 Å². The van der Waals surface area contributed by atoms with Gasteiger partial charge < -0.3 is 5.32 Å². The van der Waals surface area contributed by atoms with E-state index in [0.29, 0.717) is 13.0 Å². The van der Waals surface area contributed by atoms with Crippen molar-refractivity contribution in [3.63, 3.8) is 0 Å². The fraction of sp³-hybridized carbons (Fsp3) is 0.375. The zero-order valence-corrected chi connectivity index (χ0v) is 12.7. The molecule has 0 saturated carbocycles. The molecule has 0 bridgehead atoms. The lowest BCUT2D eigenvalue weighted by Crippen LogP contribution is -2.25. The SMILES string of the molecule is CCCNC(CCc1ccsc1)c1c(F)cc(F)cc1F. The minimum Gasteiger partial charge on any atom is -0.310 e. The molecule has 1 atom stereocenters. The van der Waals surface area contributed by atoms with Crippen LogP contribution in [0.5, 0.6) is 0 Å². The third-order valence-corrected chi connectivity index (χ3v) is 4.07. The molecular weight excluding hydrogens is 295 g/mol. The first-order chi connectivity index (χ1) is 10.1. The second-order valence-corrected chi connectivity index (χ2v) is 5.74. The number of aryl methyl sites for hydroxylation is 1. The van der Waals surface area contributed by atoms with Crippen LogP contribution in [0.25, 0.3) is 0 Å². The number of rotatable bonds is 7. The van der Waals surface area contributed by atoms with E-state index >= 15 is 0 Å². The third-order valence-electron chi connectivity index (χ3n) is 3.33. The van der Waals surface area contributed by atoms with Gasteiger partial charge in [-0.05, 0) is 48.2 Å². The predicted molar refractivity (Wildman–Crippen MR) is 80.0 cm³/mol. The van der Waals surface area contributed by atoms with Crippen molar-refractivity contribution in [2.24, 2.45) is 0 Å². The van der Waals surface area contributed by atoms with Gasteiger partial charge in [0.1, 0.15) is 17.5 Å². The van der Waals surface area contributed by atoms with Crippen LogP contribution in [0, 0.1) is 17.5 Å². The van der Waals surface area contributed by atoms with Crippen molar-refractivity contribution < 1.29 is 13.2 Å². The average molecular weight is 313 g/mol. The largest absolute Gasteiger partial charge is 0.310 e. The number of halogens is 3. The molecule has 0 aliphatic rings. The first kappa shape index (κ1) is 16.0. The second-order valence-electron chi connectivity index (χ2n) is 4.96. The highest BCUT2D eigenvalue weighted by Gasteiger charge is 2.21. The van der Waals surface area contributed by atoms with Gasteiger partial charge in [-0.1, -0.05) is 6.92 Å². The molecule has 0 aliphatic heterocycles. The van der Waals surface area contributed by atoms with E-state index in [1.54, 1.807) is 11.3 Å². The number of benzene rings is 1. The number of hydrogen-bond acceptors (Lipinski definition) is 2. The monoisotopic (exact) mass is 313 g/mol. The zero-order valence-electron chi connectivity index (χ0n) is 11.8. The van der Waals surface area contributed by atoms with E-state index in [-0.39, 0.29) is 5.56 Å². The van der Waals surface area contributed by atoms with E-state index in [9.17, 15) is 13.2 Å². The highest BCUT2D eigenvalue weighted by molar-refractivity contribution is 7.07. The molecule has 0 radical (unpaired) electrons. The molecular formula is C16H18F3NS. The topological polar surface area (TPSA) is 12.0 Å². The van der Waals surface area contributed by atoms with Gasteiger partial charge in [0.05, 0.1) is 0 Å². The fourth-order valence-electron chi connectivity index (χ4n) is 2.30. The lowest BCUT2D eigenvalue weighted by molar-refractivity contribution is 0.439. The Balaban J connectivity index is 2.18. The smallest absolute Gasteiger partial charge is 0.133 e. The molecule has 2 aromatic rings. The zero-order chi connectivity index (χ0) is 15.2. The summed E-state index contributed by atoms with van der Waals surface area (Å²) in [4.78, 5) is 0. The molecule has 0 fully saturated rings. The maximum atomic E-state index is 13.9. The van der Waals surface area contributed by atoms with Crippen LogP contribution in [0.4, 0.5) is 13.2 Å². The summed E-state index contributed by atoms with van der Waals surface area (Å²) in [6.07, 6.45) is 2.15. The Morgan fingerprint density at radius 1 is 1.19 bits per heavy atom. The van der Waals surface area contributed by atoms with Gasteiger partial charge in [0, 0.05) is 23.7 Å². The first-order valence-electron chi connectivity index (χ1n) is 7.00. The lowest BCUT2D eigenvalue weighted by Gasteiger charge is -2.20. The van der Waals surface area contributed by atoms with Crippen molar-refractivity contribution in [1.29, 1.82) is 0 Å². The van der Waals surface area contributed by atoms with Crippen LogP contribution in [-0.2, 0) is 6.42 Å². The molecule has 5 heteroatoms. The first-order valence-corrected chi connectivity index (χ1v) is 7.95. The predicted octanol–water partition coefficient (Wildman–Crippen LogP) is 4.84. The molecule has 114 valence electrons. The Kier molecular flexibility index (Phi) is 5.82. The van der Waals surface area contributed by atoms with Gasteiger partial charge in [0.25, 0.3) is 0 Å². The summed E-state index contributed by atoms with van der Waals surface area (Å²) in [6, 6.07) is 3.03. The summed E-state index contributed by atoms with van der Waals surface area (Å²) in [5, 5.41) is 7.15. The number of nitrogens with one attached hydrogen (secondary N) is 1. The maximum absolute atomic E-state index is 13.9. The van der Waals surface area contributed by atoms with E-state index in [1.165, 1.54) is 0 Å². The molecule has 1 unspecified atom stereocenters. The summed E-state index contributed by atoms with van der Waals surface area (Å²) in [6.45, 7) is 2.64. The summed E-state index contributed by atoms with van der Waals surface area (Å²) in [5.41, 5.74) is 1.08. The normalized spacial score (nSPS) is 12.6. The van der Waals surface area contributed by atoms with Crippen molar-refractivity contribution in [3.8, 4) is 0 Å². The molecule has 21 heavy (non-hydrogen) atoms. The second kappa shape index (κ2) is 7.61. The standard InChI is InChI=1S/C16H18F3NS/c1-2-6-20-15(4-3-11-5-7-21-10-11)16-13(18)8-12(17)9-14(16)19/h5,7-10,15,20H,2-4,6H2,1H3.